The zero-order valence-corrected chi connectivity index (χ0v) is 11.7. The maximum atomic E-state index is 4.42. The zero-order chi connectivity index (χ0) is 13.6. The van der Waals surface area contributed by atoms with Gasteiger partial charge >= 0.3 is 0 Å². The van der Waals surface area contributed by atoms with Crippen LogP contribution in [0.25, 0.3) is 0 Å². The van der Waals surface area contributed by atoms with Crippen LogP contribution in [0.4, 0.5) is 5.69 Å². The largest absolute Gasteiger partial charge is 0.382 e. The van der Waals surface area contributed by atoms with Crippen molar-refractivity contribution in [3.05, 3.63) is 60.4 Å². The SMILES string of the molecule is C1=CCC(CNc2cnn(Cc3ccccc3)c2)CC1. The lowest BCUT2D eigenvalue weighted by Crippen LogP contribution is -2.15. The highest BCUT2D eigenvalue weighted by Crippen LogP contribution is 2.19. The highest BCUT2D eigenvalue weighted by molar-refractivity contribution is 5.38. The number of nitrogens with one attached hydrogen (secondary N) is 1. The van der Waals surface area contributed by atoms with Crippen molar-refractivity contribution in [3.63, 3.8) is 0 Å². The third-order valence-corrected chi connectivity index (χ3v) is 3.79. The normalized spacial score (nSPS) is 18.1. The Balaban J connectivity index is 1.53. The Kier molecular flexibility index (Phi) is 4.16. The second kappa shape index (κ2) is 6.42. The molecule has 3 nitrogen and oxygen atoms in total. The molecule has 1 heterocycles. The third-order valence-electron chi connectivity index (χ3n) is 3.79. The van der Waals surface area contributed by atoms with E-state index in [9.17, 15) is 0 Å². The highest BCUT2D eigenvalue weighted by atomic mass is 15.3. The van der Waals surface area contributed by atoms with Crippen molar-refractivity contribution in [1.29, 1.82) is 0 Å². The van der Waals surface area contributed by atoms with Gasteiger partial charge in [-0.15, -0.1) is 0 Å². The van der Waals surface area contributed by atoms with Crippen molar-refractivity contribution in [2.24, 2.45) is 5.92 Å². The fourth-order valence-electron chi connectivity index (χ4n) is 2.62. The molecule has 1 aromatic heterocycles. The van der Waals surface area contributed by atoms with Crippen LogP contribution in [0.1, 0.15) is 24.8 Å². The number of hydrogen-bond acceptors (Lipinski definition) is 2. The second-order valence-electron chi connectivity index (χ2n) is 5.44. The van der Waals surface area contributed by atoms with Gasteiger partial charge in [-0.1, -0.05) is 42.5 Å². The maximum absolute atomic E-state index is 4.42. The van der Waals surface area contributed by atoms with E-state index in [1.54, 1.807) is 0 Å². The Morgan fingerprint density at radius 2 is 2.10 bits per heavy atom. The summed E-state index contributed by atoms with van der Waals surface area (Å²) in [6.45, 7) is 1.87. The molecule has 0 aliphatic heterocycles. The van der Waals surface area contributed by atoms with E-state index < -0.39 is 0 Å². The fourth-order valence-corrected chi connectivity index (χ4v) is 2.62. The van der Waals surface area contributed by atoms with Gasteiger partial charge in [-0.2, -0.15) is 5.10 Å². The minimum absolute atomic E-state index is 0.762. The van der Waals surface area contributed by atoms with Gasteiger partial charge in [0, 0.05) is 12.7 Å². The monoisotopic (exact) mass is 267 g/mol. The molecule has 1 atom stereocenters. The Morgan fingerprint density at radius 3 is 2.90 bits per heavy atom. The van der Waals surface area contributed by atoms with Crippen LogP contribution in [0.3, 0.4) is 0 Å². The van der Waals surface area contributed by atoms with Crippen LogP contribution in [0.5, 0.6) is 0 Å². The molecule has 1 N–H and O–H groups in total. The maximum Gasteiger partial charge on any atom is 0.0726 e. The van der Waals surface area contributed by atoms with Gasteiger partial charge < -0.3 is 5.32 Å². The molecular formula is C17H21N3. The van der Waals surface area contributed by atoms with Gasteiger partial charge in [0.15, 0.2) is 0 Å². The first kappa shape index (κ1) is 13.0. The van der Waals surface area contributed by atoms with E-state index in [2.05, 4.69) is 53.0 Å². The van der Waals surface area contributed by atoms with Crippen molar-refractivity contribution < 1.29 is 0 Å². The summed E-state index contributed by atoms with van der Waals surface area (Å²) in [6, 6.07) is 10.4. The summed E-state index contributed by atoms with van der Waals surface area (Å²) in [4.78, 5) is 0. The molecule has 3 rings (SSSR count). The molecule has 0 fully saturated rings. The molecule has 1 aliphatic rings. The van der Waals surface area contributed by atoms with Crippen LogP contribution in [-0.2, 0) is 6.54 Å². The number of nitrogens with zero attached hydrogens (tertiary/aromatic N) is 2. The quantitative estimate of drug-likeness (QED) is 0.837. The van der Waals surface area contributed by atoms with E-state index in [1.807, 2.05) is 16.9 Å². The van der Waals surface area contributed by atoms with Gasteiger partial charge in [0.2, 0.25) is 0 Å². The molecule has 0 saturated heterocycles. The van der Waals surface area contributed by atoms with Crippen molar-refractivity contribution >= 4 is 5.69 Å². The van der Waals surface area contributed by atoms with Gasteiger partial charge in [-0.05, 0) is 30.7 Å². The van der Waals surface area contributed by atoms with E-state index >= 15 is 0 Å². The second-order valence-corrected chi connectivity index (χ2v) is 5.44. The molecule has 1 aliphatic carbocycles. The summed E-state index contributed by atoms with van der Waals surface area (Å²) >= 11 is 0. The van der Waals surface area contributed by atoms with E-state index in [4.69, 9.17) is 0 Å². The summed E-state index contributed by atoms with van der Waals surface area (Å²) in [6.07, 6.45) is 12.3. The van der Waals surface area contributed by atoms with Gasteiger partial charge in [0.25, 0.3) is 0 Å². The van der Waals surface area contributed by atoms with Gasteiger partial charge in [-0.3, -0.25) is 4.68 Å². The molecular weight excluding hydrogens is 246 g/mol. The van der Waals surface area contributed by atoms with Crippen LogP contribution in [0.15, 0.2) is 54.9 Å². The van der Waals surface area contributed by atoms with Gasteiger partial charge in [-0.25, -0.2) is 0 Å². The Labute approximate surface area is 120 Å². The molecule has 20 heavy (non-hydrogen) atoms. The number of rotatable bonds is 5. The molecule has 0 bridgehead atoms. The Morgan fingerprint density at radius 1 is 1.20 bits per heavy atom. The molecule has 0 spiro atoms. The summed E-state index contributed by atoms with van der Waals surface area (Å²) in [5.41, 5.74) is 2.40. The van der Waals surface area contributed by atoms with Crippen molar-refractivity contribution in [1.82, 2.24) is 9.78 Å². The lowest BCUT2D eigenvalue weighted by atomic mass is 9.94. The molecule has 3 heteroatoms. The van der Waals surface area contributed by atoms with Gasteiger partial charge in [0.05, 0.1) is 18.4 Å². The van der Waals surface area contributed by atoms with Gasteiger partial charge in [0.1, 0.15) is 0 Å². The predicted octanol–water partition coefficient (Wildman–Crippen LogP) is 3.70. The molecule has 0 radical (unpaired) electrons. The Bertz CT molecular complexity index is 557. The summed E-state index contributed by atoms with van der Waals surface area (Å²) < 4.78 is 1.98. The predicted molar refractivity (Wildman–Crippen MR) is 82.7 cm³/mol. The highest BCUT2D eigenvalue weighted by Gasteiger charge is 2.09. The van der Waals surface area contributed by atoms with E-state index in [-0.39, 0.29) is 0 Å². The van der Waals surface area contributed by atoms with Crippen LogP contribution >= 0.6 is 0 Å². The number of benzene rings is 1. The van der Waals surface area contributed by atoms with E-state index in [0.717, 1.165) is 24.7 Å². The summed E-state index contributed by atoms with van der Waals surface area (Å²) in [5.74, 6) is 0.762. The van der Waals surface area contributed by atoms with Crippen LogP contribution < -0.4 is 5.32 Å². The topological polar surface area (TPSA) is 29.9 Å². The smallest absolute Gasteiger partial charge is 0.0726 e. The lowest BCUT2D eigenvalue weighted by molar-refractivity contribution is 0.504. The summed E-state index contributed by atoms with van der Waals surface area (Å²) in [5, 5.41) is 7.92. The van der Waals surface area contributed by atoms with Crippen LogP contribution in [-0.4, -0.2) is 16.3 Å². The zero-order valence-electron chi connectivity index (χ0n) is 11.7. The molecule has 104 valence electrons. The molecule has 1 aromatic carbocycles. The number of anilines is 1. The average Bonchev–Trinajstić information content (AvgIpc) is 2.95. The number of hydrogen-bond donors (Lipinski definition) is 1. The van der Waals surface area contributed by atoms with Crippen molar-refractivity contribution in [2.75, 3.05) is 11.9 Å². The van der Waals surface area contributed by atoms with Crippen LogP contribution in [0.2, 0.25) is 0 Å². The fraction of sp³-hybridized carbons (Fsp3) is 0.353. The first-order chi connectivity index (χ1) is 9.90. The molecule has 1 unspecified atom stereocenters. The van der Waals surface area contributed by atoms with Crippen LogP contribution in [0, 0.1) is 5.92 Å². The molecule has 0 saturated carbocycles. The number of allylic oxidation sites excluding steroid dienone is 2. The molecule has 2 aromatic rings. The number of aromatic nitrogens is 2. The lowest BCUT2D eigenvalue weighted by Gasteiger charge is -2.17. The minimum atomic E-state index is 0.762. The summed E-state index contributed by atoms with van der Waals surface area (Å²) in [7, 11) is 0. The third kappa shape index (κ3) is 3.50. The van der Waals surface area contributed by atoms with Crippen molar-refractivity contribution in [2.45, 2.75) is 25.8 Å². The van der Waals surface area contributed by atoms with E-state index in [1.165, 1.54) is 24.8 Å². The average molecular weight is 267 g/mol. The first-order valence-corrected chi connectivity index (χ1v) is 7.35. The Hall–Kier alpha value is -2.03. The van der Waals surface area contributed by atoms with Crippen molar-refractivity contribution in [3.8, 4) is 0 Å². The van der Waals surface area contributed by atoms with E-state index in [0.29, 0.717) is 0 Å². The standard InChI is InChI=1S/C17H21N3/c1-3-7-15(8-4-1)11-18-17-12-19-20(14-17)13-16-9-5-2-6-10-16/h1-3,5-6,9-10,12,14-15,18H,4,7-8,11,13H2. The first-order valence-electron chi connectivity index (χ1n) is 7.35. The molecule has 0 amide bonds. The minimum Gasteiger partial charge on any atom is -0.382 e.